The van der Waals surface area contributed by atoms with E-state index in [1.165, 1.54) is 0 Å². The average molecular weight is 344 g/mol. The van der Waals surface area contributed by atoms with E-state index in [0.717, 1.165) is 43.2 Å². The van der Waals surface area contributed by atoms with Gasteiger partial charge in [-0.05, 0) is 42.8 Å². The van der Waals surface area contributed by atoms with Gasteiger partial charge in [-0.25, -0.2) is 0 Å². The highest BCUT2D eigenvalue weighted by molar-refractivity contribution is 8.03. The number of unbranched alkanes of at least 4 members (excludes halogenated alkanes) is 1. The predicted octanol–water partition coefficient (Wildman–Crippen LogP) is 4.67. The lowest BCUT2D eigenvalue weighted by Crippen LogP contribution is -2.23. The molecule has 0 amide bonds. The van der Waals surface area contributed by atoms with Gasteiger partial charge in [-0.1, -0.05) is 13.3 Å². The summed E-state index contributed by atoms with van der Waals surface area (Å²) in [4.78, 5) is 2.21. The van der Waals surface area contributed by atoms with Gasteiger partial charge in [-0.2, -0.15) is 18.4 Å². The molecule has 126 valence electrons. The summed E-state index contributed by atoms with van der Waals surface area (Å²) in [5.41, 5.74) is -0.220. The Labute approximate surface area is 138 Å². The normalized spacial score (nSPS) is 18.2. The number of thiocyanates is 1. The molecular weight excluding hydrogens is 325 g/mol. The quantitative estimate of drug-likeness (QED) is 0.427. The van der Waals surface area contributed by atoms with E-state index in [0.29, 0.717) is 30.3 Å². The Bertz CT molecular complexity index is 571. The monoisotopic (exact) mass is 344 g/mol. The van der Waals surface area contributed by atoms with E-state index in [4.69, 9.17) is 10.00 Å². The van der Waals surface area contributed by atoms with Crippen molar-refractivity contribution in [3.8, 4) is 5.40 Å². The van der Waals surface area contributed by atoms with Gasteiger partial charge >= 0.3 is 6.18 Å². The molecule has 0 spiro atoms. The number of ether oxygens (including phenoxy) is 1. The number of benzene rings is 1. The van der Waals surface area contributed by atoms with Crippen LogP contribution in [0.5, 0.6) is 0 Å². The van der Waals surface area contributed by atoms with Crippen molar-refractivity contribution in [1.82, 2.24) is 0 Å². The van der Waals surface area contributed by atoms with Crippen molar-refractivity contribution in [1.29, 1.82) is 5.26 Å². The van der Waals surface area contributed by atoms with E-state index in [9.17, 15) is 13.2 Å². The summed E-state index contributed by atoms with van der Waals surface area (Å²) in [6.45, 7) is 4.02. The highest BCUT2D eigenvalue weighted by Gasteiger charge is 2.32. The van der Waals surface area contributed by atoms with Crippen molar-refractivity contribution < 1.29 is 17.9 Å². The van der Waals surface area contributed by atoms with E-state index >= 15 is 0 Å². The van der Waals surface area contributed by atoms with Crippen LogP contribution in [-0.4, -0.2) is 25.8 Å². The van der Waals surface area contributed by atoms with Crippen LogP contribution in [0.3, 0.4) is 0 Å². The molecule has 7 heteroatoms. The summed E-state index contributed by atoms with van der Waals surface area (Å²) < 4.78 is 44.8. The molecule has 0 bridgehead atoms. The average Bonchev–Trinajstić information content (AvgIpc) is 2.96. The lowest BCUT2D eigenvalue weighted by Gasteiger charge is -2.21. The molecule has 0 aromatic heterocycles. The minimum atomic E-state index is -4.42. The molecule has 3 nitrogen and oxygen atoms in total. The highest BCUT2D eigenvalue weighted by atomic mass is 32.2. The number of alkyl halides is 3. The number of hydrogen-bond acceptors (Lipinski definition) is 4. The van der Waals surface area contributed by atoms with Crippen LogP contribution in [0, 0.1) is 10.7 Å². The molecule has 1 heterocycles. The van der Waals surface area contributed by atoms with Crippen molar-refractivity contribution in [2.75, 3.05) is 24.6 Å². The van der Waals surface area contributed by atoms with E-state index in [-0.39, 0.29) is 6.10 Å². The molecule has 0 unspecified atom stereocenters. The van der Waals surface area contributed by atoms with Crippen molar-refractivity contribution in [3.63, 3.8) is 0 Å². The first-order chi connectivity index (χ1) is 10.9. The molecular formula is C16H19F3N2OS. The number of nitriles is 1. The lowest BCUT2D eigenvalue weighted by molar-refractivity contribution is -0.137. The van der Waals surface area contributed by atoms with Crippen molar-refractivity contribution in [3.05, 3.63) is 23.8 Å². The van der Waals surface area contributed by atoms with E-state index in [2.05, 4.69) is 6.92 Å². The van der Waals surface area contributed by atoms with Gasteiger partial charge in [-0.15, -0.1) is 0 Å². The van der Waals surface area contributed by atoms with Crippen molar-refractivity contribution >= 4 is 17.4 Å². The third kappa shape index (κ3) is 5.05. The zero-order chi connectivity index (χ0) is 16.9. The number of anilines is 1. The summed E-state index contributed by atoms with van der Waals surface area (Å²) in [6, 6.07) is 3.80. The van der Waals surface area contributed by atoms with Crippen LogP contribution in [0.4, 0.5) is 18.9 Å². The van der Waals surface area contributed by atoms with Gasteiger partial charge in [0.2, 0.25) is 0 Å². The maximum absolute atomic E-state index is 13.0. The maximum atomic E-state index is 13.0. The van der Waals surface area contributed by atoms with Crippen LogP contribution < -0.4 is 4.90 Å². The van der Waals surface area contributed by atoms with Crippen LogP contribution in [-0.2, 0) is 10.9 Å². The van der Waals surface area contributed by atoms with E-state index < -0.39 is 11.7 Å². The van der Waals surface area contributed by atoms with Gasteiger partial charge < -0.3 is 9.64 Å². The number of thioether (sulfide) groups is 1. The second-order valence-corrected chi connectivity index (χ2v) is 6.35. The fourth-order valence-electron chi connectivity index (χ4n) is 2.53. The van der Waals surface area contributed by atoms with Gasteiger partial charge in [0.1, 0.15) is 5.40 Å². The zero-order valence-electron chi connectivity index (χ0n) is 12.9. The molecule has 1 atom stereocenters. The summed E-state index contributed by atoms with van der Waals surface area (Å²) in [5, 5.41) is 10.6. The van der Waals surface area contributed by atoms with E-state index in [1.54, 1.807) is 6.07 Å². The summed E-state index contributed by atoms with van der Waals surface area (Å²) in [7, 11) is 0. The molecule has 0 saturated carbocycles. The largest absolute Gasteiger partial charge is 0.416 e. The Morgan fingerprint density at radius 2 is 2.17 bits per heavy atom. The standard InChI is InChI=1S/C16H19F3N2OS/c1-2-3-6-22-14-4-5-21(10-14)13-7-12(16(17,18)19)8-15(9-13)23-11-20/h7-9,14H,2-6,10H2,1H3/t14-/m0/s1. The number of halogens is 3. The third-order valence-electron chi connectivity index (χ3n) is 3.74. The number of hydrogen-bond donors (Lipinski definition) is 0. The van der Waals surface area contributed by atoms with Crippen LogP contribution in [0.25, 0.3) is 0 Å². The second-order valence-electron chi connectivity index (χ2n) is 5.49. The molecule has 2 rings (SSSR count). The lowest BCUT2D eigenvalue weighted by atomic mass is 10.2. The summed E-state index contributed by atoms with van der Waals surface area (Å²) in [6.07, 6.45) is -1.51. The fraction of sp³-hybridized carbons (Fsp3) is 0.562. The highest BCUT2D eigenvalue weighted by Crippen LogP contribution is 2.36. The molecule has 0 aliphatic carbocycles. The van der Waals surface area contributed by atoms with Gasteiger partial charge in [0, 0.05) is 30.3 Å². The van der Waals surface area contributed by atoms with Crippen LogP contribution in [0.2, 0.25) is 0 Å². The molecule has 1 saturated heterocycles. The Hall–Kier alpha value is -1.39. The predicted molar refractivity (Wildman–Crippen MR) is 84.4 cm³/mol. The molecule has 0 radical (unpaired) electrons. The molecule has 1 aliphatic rings. The van der Waals surface area contributed by atoms with Gasteiger partial charge in [0.15, 0.2) is 0 Å². The van der Waals surface area contributed by atoms with Crippen molar-refractivity contribution in [2.24, 2.45) is 0 Å². The molecule has 1 fully saturated rings. The topological polar surface area (TPSA) is 36.3 Å². The molecule has 1 aliphatic heterocycles. The second kappa shape index (κ2) is 7.93. The smallest absolute Gasteiger partial charge is 0.376 e. The first kappa shape index (κ1) is 18.0. The first-order valence-corrected chi connectivity index (χ1v) is 8.40. The summed E-state index contributed by atoms with van der Waals surface area (Å²) in [5.74, 6) is 0. The molecule has 1 aromatic rings. The minimum Gasteiger partial charge on any atom is -0.376 e. The molecule has 23 heavy (non-hydrogen) atoms. The van der Waals surface area contributed by atoms with Gasteiger partial charge in [0.25, 0.3) is 0 Å². The Balaban J connectivity index is 2.13. The van der Waals surface area contributed by atoms with Crippen molar-refractivity contribution in [2.45, 2.75) is 43.4 Å². The Kier molecular flexibility index (Phi) is 6.19. The van der Waals surface area contributed by atoms with Crippen LogP contribution in [0.15, 0.2) is 23.1 Å². The third-order valence-corrected chi connectivity index (χ3v) is 4.31. The molecule has 1 aromatic carbocycles. The van der Waals surface area contributed by atoms with Crippen LogP contribution >= 0.6 is 11.8 Å². The van der Waals surface area contributed by atoms with Gasteiger partial charge in [0.05, 0.1) is 11.7 Å². The SMILES string of the molecule is CCCCO[C@H]1CCN(c2cc(SC#N)cc(C(F)(F)F)c2)C1. The van der Waals surface area contributed by atoms with E-state index in [1.807, 2.05) is 10.3 Å². The maximum Gasteiger partial charge on any atom is 0.416 e. The van der Waals surface area contributed by atoms with Gasteiger partial charge in [-0.3, -0.25) is 0 Å². The zero-order valence-corrected chi connectivity index (χ0v) is 13.7. The fourth-order valence-corrected chi connectivity index (χ4v) is 3.01. The number of nitrogens with zero attached hydrogens (tertiary/aromatic N) is 2. The minimum absolute atomic E-state index is 0.0585. The Morgan fingerprint density at radius 3 is 2.83 bits per heavy atom. The first-order valence-electron chi connectivity index (χ1n) is 7.58. The van der Waals surface area contributed by atoms with Crippen LogP contribution in [0.1, 0.15) is 31.7 Å². The molecule has 0 N–H and O–H groups in total. The summed E-state index contributed by atoms with van der Waals surface area (Å²) >= 11 is 0.744. The Morgan fingerprint density at radius 1 is 1.39 bits per heavy atom. The number of rotatable bonds is 6.